The molecule has 6 heteroatoms. The molecule has 2 rings (SSSR count). The molecule has 0 bridgehead atoms. The Hall–Kier alpha value is -2.21. The van der Waals surface area contributed by atoms with E-state index in [0.717, 1.165) is 17.7 Å². The van der Waals surface area contributed by atoms with Gasteiger partial charge in [0.15, 0.2) is 9.84 Å². The van der Waals surface area contributed by atoms with Crippen LogP contribution in [-0.4, -0.2) is 25.1 Å². The van der Waals surface area contributed by atoms with Gasteiger partial charge >= 0.3 is 0 Å². The Bertz CT molecular complexity index is 911. The molecule has 0 radical (unpaired) electrons. The fraction of sp³-hybridized carbons (Fsp3) is 0.429. The maximum Gasteiger partial charge on any atom is 0.229 e. The number of sulfone groups is 1. The van der Waals surface area contributed by atoms with Crippen molar-refractivity contribution in [2.75, 3.05) is 11.1 Å². The smallest absolute Gasteiger partial charge is 0.229 e. The lowest BCUT2D eigenvalue weighted by molar-refractivity contribution is -0.115. The summed E-state index contributed by atoms with van der Waals surface area (Å²) >= 11 is 0. The van der Waals surface area contributed by atoms with Gasteiger partial charge in [-0.15, -0.1) is 0 Å². The number of amides is 1. The van der Waals surface area contributed by atoms with Gasteiger partial charge in [-0.3, -0.25) is 4.79 Å². The molecule has 5 nitrogen and oxygen atoms in total. The molecular formula is C21H28N2O3S. The molecule has 0 unspecified atom stereocenters. The minimum atomic E-state index is -3.23. The highest BCUT2D eigenvalue weighted by Crippen LogP contribution is 2.26. The Balaban J connectivity index is 2.10. The minimum Gasteiger partial charge on any atom is -0.310 e. The molecule has 1 aromatic carbocycles. The number of aromatic nitrogens is 1. The molecule has 27 heavy (non-hydrogen) atoms. The highest BCUT2D eigenvalue weighted by Gasteiger charge is 2.19. The number of nitrogens with one attached hydrogen (secondary N) is 1. The lowest BCUT2D eigenvalue weighted by Gasteiger charge is -2.22. The van der Waals surface area contributed by atoms with Gasteiger partial charge in [-0.05, 0) is 41.2 Å². The summed E-state index contributed by atoms with van der Waals surface area (Å²) in [6, 6.07) is 10.3. The number of carbonyl (C=O) groups is 1. The molecule has 0 saturated carbocycles. The second-order valence-corrected chi connectivity index (χ2v) is 9.84. The zero-order valence-corrected chi connectivity index (χ0v) is 17.5. The highest BCUT2D eigenvalue weighted by atomic mass is 32.2. The van der Waals surface area contributed by atoms with Gasteiger partial charge in [-0.25, -0.2) is 13.4 Å². The molecule has 1 heterocycles. The molecule has 0 aliphatic rings. The third-order valence-corrected chi connectivity index (χ3v) is 6.16. The first-order chi connectivity index (χ1) is 12.6. The molecule has 0 spiro atoms. The zero-order chi connectivity index (χ0) is 20.2. The Kier molecular flexibility index (Phi) is 6.42. The molecule has 146 valence electrons. The summed E-state index contributed by atoms with van der Waals surface area (Å²) in [4.78, 5) is 17.2. The first kappa shape index (κ1) is 21.1. The first-order valence-electron chi connectivity index (χ1n) is 9.18. The van der Waals surface area contributed by atoms with Gasteiger partial charge in [0, 0.05) is 5.69 Å². The Labute approximate surface area is 162 Å². The largest absolute Gasteiger partial charge is 0.310 e. The lowest BCUT2D eigenvalue weighted by Crippen LogP contribution is -2.19. The van der Waals surface area contributed by atoms with Gasteiger partial charge in [-0.2, -0.15) is 0 Å². The van der Waals surface area contributed by atoms with Crippen LogP contribution >= 0.6 is 0 Å². The molecule has 0 fully saturated rings. The van der Waals surface area contributed by atoms with Crippen LogP contribution in [0.15, 0.2) is 41.3 Å². The van der Waals surface area contributed by atoms with E-state index in [2.05, 4.69) is 38.0 Å². The number of hydrogen-bond acceptors (Lipinski definition) is 4. The standard InChI is InChI=1S/C21H28N2O3S/c1-6-18-17(21(3,4)5)12-13-19(22-18)23-20(24)14-15-8-10-16(11-9-15)27(25,26)7-2/h8-13H,6-7,14H2,1-5H3,(H,22,23,24). The van der Waals surface area contributed by atoms with Crippen molar-refractivity contribution in [1.29, 1.82) is 0 Å². The molecule has 1 aromatic heterocycles. The topological polar surface area (TPSA) is 76.1 Å². The Morgan fingerprint density at radius 1 is 1.04 bits per heavy atom. The van der Waals surface area contributed by atoms with Crippen molar-refractivity contribution < 1.29 is 13.2 Å². The lowest BCUT2D eigenvalue weighted by atomic mass is 9.85. The summed E-state index contributed by atoms with van der Waals surface area (Å²) < 4.78 is 23.7. The number of rotatable bonds is 6. The predicted molar refractivity (Wildman–Crippen MR) is 109 cm³/mol. The van der Waals surface area contributed by atoms with E-state index in [1.54, 1.807) is 31.2 Å². The average molecular weight is 389 g/mol. The average Bonchev–Trinajstić information content (AvgIpc) is 2.61. The minimum absolute atomic E-state index is 0.00144. The van der Waals surface area contributed by atoms with Gasteiger partial charge in [0.2, 0.25) is 5.91 Å². The summed E-state index contributed by atoms with van der Waals surface area (Å²) in [5.74, 6) is 0.414. The van der Waals surface area contributed by atoms with Crippen molar-refractivity contribution >= 4 is 21.6 Å². The second kappa shape index (κ2) is 8.21. The molecular weight excluding hydrogens is 360 g/mol. The normalized spacial score (nSPS) is 12.0. The van der Waals surface area contributed by atoms with Gasteiger partial charge < -0.3 is 5.32 Å². The van der Waals surface area contributed by atoms with Crippen LogP contribution in [0.3, 0.4) is 0 Å². The molecule has 1 N–H and O–H groups in total. The van der Waals surface area contributed by atoms with Crippen LogP contribution in [0, 0.1) is 0 Å². The molecule has 1 amide bonds. The number of hydrogen-bond donors (Lipinski definition) is 1. The van der Waals surface area contributed by atoms with Gasteiger partial charge in [0.05, 0.1) is 17.1 Å². The second-order valence-electron chi connectivity index (χ2n) is 7.57. The Morgan fingerprint density at radius 2 is 1.67 bits per heavy atom. The van der Waals surface area contributed by atoms with Crippen LogP contribution in [-0.2, 0) is 32.9 Å². The van der Waals surface area contributed by atoms with Gasteiger partial charge in [0.1, 0.15) is 5.82 Å². The van der Waals surface area contributed by atoms with Crippen LogP contribution in [0.2, 0.25) is 0 Å². The monoisotopic (exact) mass is 388 g/mol. The number of anilines is 1. The molecule has 0 aliphatic carbocycles. The van der Waals surface area contributed by atoms with E-state index in [1.807, 2.05) is 12.1 Å². The van der Waals surface area contributed by atoms with Crippen molar-refractivity contribution in [3.63, 3.8) is 0 Å². The van der Waals surface area contributed by atoms with Crippen molar-refractivity contribution in [1.82, 2.24) is 4.98 Å². The van der Waals surface area contributed by atoms with Gasteiger partial charge in [-0.1, -0.05) is 52.8 Å². The van der Waals surface area contributed by atoms with E-state index in [4.69, 9.17) is 0 Å². The third-order valence-electron chi connectivity index (χ3n) is 4.41. The fourth-order valence-electron chi connectivity index (χ4n) is 2.88. The van der Waals surface area contributed by atoms with Crippen LogP contribution < -0.4 is 5.32 Å². The summed E-state index contributed by atoms with van der Waals surface area (Å²) in [7, 11) is -3.23. The molecule has 2 aromatic rings. The van der Waals surface area contributed by atoms with Crippen molar-refractivity contribution in [2.24, 2.45) is 0 Å². The number of benzene rings is 1. The first-order valence-corrected chi connectivity index (χ1v) is 10.8. The van der Waals surface area contributed by atoms with E-state index in [0.29, 0.717) is 5.82 Å². The van der Waals surface area contributed by atoms with Crippen molar-refractivity contribution in [2.45, 2.75) is 57.8 Å². The fourth-order valence-corrected chi connectivity index (χ4v) is 3.76. The molecule has 0 atom stereocenters. The molecule has 0 aliphatic heterocycles. The zero-order valence-electron chi connectivity index (χ0n) is 16.7. The van der Waals surface area contributed by atoms with Crippen LogP contribution in [0.4, 0.5) is 5.82 Å². The number of nitrogens with zero attached hydrogens (tertiary/aromatic N) is 1. The third kappa shape index (κ3) is 5.39. The van der Waals surface area contributed by atoms with E-state index in [9.17, 15) is 13.2 Å². The highest BCUT2D eigenvalue weighted by molar-refractivity contribution is 7.91. The van der Waals surface area contributed by atoms with E-state index >= 15 is 0 Å². The van der Waals surface area contributed by atoms with Crippen LogP contribution in [0.5, 0.6) is 0 Å². The summed E-state index contributed by atoms with van der Waals surface area (Å²) in [5, 5.41) is 2.83. The number of carbonyl (C=O) groups excluding carboxylic acids is 1. The van der Waals surface area contributed by atoms with Gasteiger partial charge in [0.25, 0.3) is 0 Å². The van der Waals surface area contributed by atoms with E-state index < -0.39 is 9.84 Å². The quantitative estimate of drug-likeness (QED) is 0.814. The number of pyridine rings is 1. The van der Waals surface area contributed by atoms with E-state index in [1.165, 1.54) is 5.56 Å². The Morgan fingerprint density at radius 3 is 2.19 bits per heavy atom. The van der Waals surface area contributed by atoms with Crippen molar-refractivity contribution in [3.8, 4) is 0 Å². The predicted octanol–water partition coefficient (Wildman–Crippen LogP) is 3.92. The maximum absolute atomic E-state index is 12.3. The van der Waals surface area contributed by atoms with Crippen LogP contribution in [0.1, 0.15) is 51.4 Å². The van der Waals surface area contributed by atoms with Crippen molar-refractivity contribution in [3.05, 3.63) is 53.2 Å². The van der Waals surface area contributed by atoms with E-state index in [-0.39, 0.29) is 28.4 Å². The summed E-state index contributed by atoms with van der Waals surface area (Å²) in [6.45, 7) is 10.1. The summed E-state index contributed by atoms with van der Waals surface area (Å²) in [5.41, 5.74) is 2.91. The summed E-state index contributed by atoms with van der Waals surface area (Å²) in [6.07, 6.45) is 0.959. The van der Waals surface area contributed by atoms with Crippen LogP contribution in [0.25, 0.3) is 0 Å². The SMILES string of the molecule is CCc1nc(NC(=O)Cc2ccc(S(=O)(=O)CC)cc2)ccc1C(C)(C)C. The maximum atomic E-state index is 12.3. The number of aryl methyl sites for hydroxylation is 1. The molecule has 0 saturated heterocycles.